The van der Waals surface area contributed by atoms with Gasteiger partial charge >= 0.3 is 0 Å². The van der Waals surface area contributed by atoms with E-state index in [2.05, 4.69) is 50.1 Å². The molecule has 0 saturated carbocycles. The highest BCUT2D eigenvalue weighted by molar-refractivity contribution is 5.86. The van der Waals surface area contributed by atoms with Crippen LogP contribution in [-0.2, 0) is 16.8 Å². The summed E-state index contributed by atoms with van der Waals surface area (Å²) < 4.78 is 0. The maximum Gasteiger partial charge on any atom is 0.239 e. The second-order valence-corrected chi connectivity index (χ2v) is 8.30. The summed E-state index contributed by atoms with van der Waals surface area (Å²) in [5.74, 6) is -0.325. The molecule has 156 valence electrons. The molecule has 0 radical (unpaired) electrons. The van der Waals surface area contributed by atoms with Gasteiger partial charge in [0.2, 0.25) is 5.91 Å². The number of nitrogens with zero attached hydrogens (tertiary/aromatic N) is 1. The van der Waals surface area contributed by atoms with Gasteiger partial charge in [-0.15, -0.1) is 0 Å². The Morgan fingerprint density at radius 3 is 2.21 bits per heavy atom. The quantitative estimate of drug-likeness (QED) is 0.746. The van der Waals surface area contributed by atoms with Crippen molar-refractivity contribution >= 4 is 5.91 Å². The van der Waals surface area contributed by atoms with Crippen LogP contribution in [0, 0.1) is 0 Å². The number of amides is 1. The molecule has 2 aromatic rings. The predicted octanol–water partition coefficient (Wildman–Crippen LogP) is 3.32. The van der Waals surface area contributed by atoms with Crippen molar-refractivity contribution in [1.82, 2.24) is 15.5 Å². The molecule has 3 rings (SSSR count). The summed E-state index contributed by atoms with van der Waals surface area (Å²) in [7, 11) is 3.60. The number of rotatable bonds is 3. The molecule has 2 aromatic carbocycles. The van der Waals surface area contributed by atoms with E-state index in [0.29, 0.717) is 5.82 Å². The fourth-order valence-electron chi connectivity index (χ4n) is 3.14. The molecule has 2 unspecified atom stereocenters. The zero-order valence-corrected chi connectivity index (χ0v) is 18.1. The number of carbonyl (C=O) groups excluding carboxylic acids is 1. The number of hydrogen-bond acceptors (Lipinski definition) is 4. The van der Waals surface area contributed by atoms with Gasteiger partial charge in [0.25, 0.3) is 0 Å². The van der Waals surface area contributed by atoms with Crippen molar-refractivity contribution in [2.75, 3.05) is 14.1 Å². The first-order chi connectivity index (χ1) is 13.6. The van der Waals surface area contributed by atoms with E-state index in [1.807, 2.05) is 49.5 Å². The van der Waals surface area contributed by atoms with E-state index in [4.69, 9.17) is 0 Å². The van der Waals surface area contributed by atoms with E-state index in [9.17, 15) is 9.90 Å². The number of nitrogens with one attached hydrogen (secondary N) is 2. The first kappa shape index (κ1) is 22.7. The SMILES string of the molecule is C=C1NC(O)C(c2ccc(C(C)(C)C)cc2)C(=O)N1C.CNCc1ccccc1. The summed E-state index contributed by atoms with van der Waals surface area (Å²) in [6, 6.07) is 18.2. The standard InChI is InChI=1S/C16H22N2O2.C8H11N/c1-10-17-14(19)13(15(20)18(10)5)11-6-8-12(9-7-11)16(2,3)4;1-9-7-8-5-3-2-4-6-8/h6-9,13-14,17,19H,1H2,2-5H3;2-6,9H,7H2,1H3. The molecule has 5 nitrogen and oxygen atoms in total. The smallest absolute Gasteiger partial charge is 0.239 e. The lowest BCUT2D eigenvalue weighted by Gasteiger charge is -2.36. The number of likely N-dealkylation sites (N-methyl/N-ethyl adjacent to an activating group) is 1. The van der Waals surface area contributed by atoms with E-state index in [1.165, 1.54) is 16.0 Å². The van der Waals surface area contributed by atoms with Gasteiger partial charge < -0.3 is 20.6 Å². The van der Waals surface area contributed by atoms with Crippen LogP contribution >= 0.6 is 0 Å². The maximum absolute atomic E-state index is 12.3. The first-order valence-corrected chi connectivity index (χ1v) is 9.85. The van der Waals surface area contributed by atoms with Crippen LogP contribution in [0.1, 0.15) is 43.4 Å². The highest BCUT2D eigenvalue weighted by Crippen LogP contribution is 2.29. The van der Waals surface area contributed by atoms with Crippen molar-refractivity contribution in [3.8, 4) is 0 Å². The van der Waals surface area contributed by atoms with Gasteiger partial charge in [0, 0.05) is 13.6 Å². The van der Waals surface area contributed by atoms with Gasteiger partial charge in [-0.3, -0.25) is 4.79 Å². The van der Waals surface area contributed by atoms with Crippen LogP contribution in [-0.4, -0.2) is 36.2 Å². The molecule has 0 bridgehead atoms. The molecule has 0 aromatic heterocycles. The molecule has 0 spiro atoms. The molecule has 5 heteroatoms. The molecule has 1 aliphatic heterocycles. The normalized spacial score (nSPS) is 19.3. The minimum Gasteiger partial charge on any atom is -0.373 e. The van der Waals surface area contributed by atoms with Gasteiger partial charge in [-0.05, 0) is 29.2 Å². The van der Waals surface area contributed by atoms with Crippen molar-refractivity contribution < 1.29 is 9.90 Å². The van der Waals surface area contributed by atoms with Crippen LogP contribution in [0.25, 0.3) is 0 Å². The van der Waals surface area contributed by atoms with Crippen LogP contribution < -0.4 is 10.6 Å². The summed E-state index contributed by atoms with van der Waals surface area (Å²) in [5.41, 5.74) is 3.41. The van der Waals surface area contributed by atoms with E-state index >= 15 is 0 Å². The average Bonchev–Trinajstić information content (AvgIpc) is 2.68. The molecule has 1 fully saturated rings. The maximum atomic E-state index is 12.3. The summed E-state index contributed by atoms with van der Waals surface area (Å²) in [6.45, 7) is 11.1. The Labute approximate surface area is 174 Å². The number of aliphatic hydroxyl groups excluding tert-OH is 1. The second-order valence-electron chi connectivity index (χ2n) is 8.30. The van der Waals surface area contributed by atoms with Crippen molar-refractivity contribution in [2.24, 2.45) is 0 Å². The highest BCUT2D eigenvalue weighted by atomic mass is 16.3. The molecule has 0 aliphatic carbocycles. The Morgan fingerprint density at radius 2 is 1.69 bits per heavy atom. The van der Waals surface area contributed by atoms with E-state index in [-0.39, 0.29) is 11.3 Å². The summed E-state index contributed by atoms with van der Waals surface area (Å²) >= 11 is 0. The van der Waals surface area contributed by atoms with Crippen molar-refractivity contribution in [2.45, 2.75) is 44.9 Å². The zero-order valence-electron chi connectivity index (χ0n) is 18.1. The minimum atomic E-state index is -0.938. The van der Waals surface area contributed by atoms with Gasteiger partial charge in [0.15, 0.2) is 0 Å². The van der Waals surface area contributed by atoms with Crippen LogP contribution in [0.4, 0.5) is 0 Å². The first-order valence-electron chi connectivity index (χ1n) is 9.85. The molecule has 29 heavy (non-hydrogen) atoms. The number of hydrogen-bond donors (Lipinski definition) is 3. The molecular weight excluding hydrogens is 362 g/mol. The number of aliphatic hydroxyl groups is 1. The van der Waals surface area contributed by atoms with E-state index < -0.39 is 12.1 Å². The Kier molecular flexibility index (Phi) is 7.59. The predicted molar refractivity (Wildman–Crippen MR) is 118 cm³/mol. The third-order valence-electron chi connectivity index (χ3n) is 4.99. The van der Waals surface area contributed by atoms with Crippen LogP contribution in [0.3, 0.4) is 0 Å². The van der Waals surface area contributed by atoms with Crippen molar-refractivity contribution in [3.05, 3.63) is 83.7 Å². The Balaban J connectivity index is 0.000000278. The fraction of sp³-hybridized carbons (Fsp3) is 0.375. The third-order valence-corrected chi connectivity index (χ3v) is 4.99. The topological polar surface area (TPSA) is 64.6 Å². The molecule has 1 heterocycles. The second kappa shape index (κ2) is 9.72. The lowest BCUT2D eigenvalue weighted by molar-refractivity contribution is -0.136. The number of carbonyl (C=O) groups is 1. The molecule has 1 saturated heterocycles. The summed E-state index contributed by atoms with van der Waals surface area (Å²) in [6.07, 6.45) is -0.938. The Bertz CT molecular complexity index is 810. The minimum absolute atomic E-state index is 0.0665. The van der Waals surface area contributed by atoms with Gasteiger partial charge in [-0.2, -0.15) is 0 Å². The molecule has 1 aliphatic rings. The number of benzene rings is 2. The molecule has 2 atom stereocenters. The molecular formula is C24H33N3O2. The van der Waals surface area contributed by atoms with Gasteiger partial charge in [-0.1, -0.05) is 81.9 Å². The van der Waals surface area contributed by atoms with E-state index in [0.717, 1.165) is 12.1 Å². The average molecular weight is 396 g/mol. The Morgan fingerprint density at radius 1 is 1.10 bits per heavy atom. The van der Waals surface area contributed by atoms with Crippen molar-refractivity contribution in [3.63, 3.8) is 0 Å². The molecule has 3 N–H and O–H groups in total. The zero-order chi connectivity index (χ0) is 21.6. The highest BCUT2D eigenvalue weighted by Gasteiger charge is 2.36. The van der Waals surface area contributed by atoms with Crippen LogP contribution in [0.5, 0.6) is 0 Å². The van der Waals surface area contributed by atoms with E-state index in [1.54, 1.807) is 7.05 Å². The summed E-state index contributed by atoms with van der Waals surface area (Å²) in [4.78, 5) is 13.7. The summed E-state index contributed by atoms with van der Waals surface area (Å²) in [5, 5.41) is 16.0. The lowest BCUT2D eigenvalue weighted by atomic mass is 9.85. The van der Waals surface area contributed by atoms with Crippen LogP contribution in [0.2, 0.25) is 0 Å². The monoisotopic (exact) mass is 395 g/mol. The van der Waals surface area contributed by atoms with Gasteiger partial charge in [0.05, 0.1) is 0 Å². The largest absolute Gasteiger partial charge is 0.373 e. The van der Waals surface area contributed by atoms with Gasteiger partial charge in [-0.25, -0.2) is 0 Å². The van der Waals surface area contributed by atoms with Crippen molar-refractivity contribution in [1.29, 1.82) is 0 Å². The van der Waals surface area contributed by atoms with Crippen LogP contribution in [0.15, 0.2) is 67.0 Å². The van der Waals surface area contributed by atoms with Gasteiger partial charge in [0.1, 0.15) is 18.0 Å². The lowest BCUT2D eigenvalue weighted by Crippen LogP contribution is -2.52. The fourth-order valence-corrected chi connectivity index (χ4v) is 3.14. The third kappa shape index (κ3) is 5.92. The Hall–Kier alpha value is -2.63. The molecule has 1 amide bonds.